The predicted molar refractivity (Wildman–Crippen MR) is 88.9 cm³/mol. The molecular formula is C16H12N4O6. The highest BCUT2D eigenvalue weighted by Crippen LogP contribution is 2.30. The van der Waals surface area contributed by atoms with Crippen LogP contribution in [0.2, 0.25) is 0 Å². The van der Waals surface area contributed by atoms with Gasteiger partial charge in [-0.15, -0.1) is 10.2 Å². The van der Waals surface area contributed by atoms with Gasteiger partial charge in [-0.1, -0.05) is 12.1 Å². The minimum absolute atomic E-state index is 0.192. The molecule has 0 radical (unpaired) electrons. The van der Waals surface area contributed by atoms with Gasteiger partial charge < -0.3 is 25.3 Å². The second-order valence-electron chi connectivity index (χ2n) is 5.31. The van der Waals surface area contributed by atoms with E-state index >= 15 is 0 Å². The summed E-state index contributed by atoms with van der Waals surface area (Å²) in [6.07, 6.45) is 0. The van der Waals surface area contributed by atoms with E-state index in [-0.39, 0.29) is 17.0 Å². The van der Waals surface area contributed by atoms with E-state index in [1.165, 1.54) is 24.3 Å². The Morgan fingerprint density at radius 2 is 1.62 bits per heavy atom. The molecule has 10 nitrogen and oxygen atoms in total. The first-order valence-corrected chi connectivity index (χ1v) is 7.23. The van der Waals surface area contributed by atoms with Crippen LogP contribution >= 0.6 is 0 Å². The summed E-state index contributed by atoms with van der Waals surface area (Å²) in [6, 6.07) is 5.97. The molecule has 0 unspecified atom stereocenters. The predicted octanol–water partition coefficient (Wildman–Crippen LogP) is 1.38. The number of carboxylic acids is 2. The summed E-state index contributed by atoms with van der Waals surface area (Å²) >= 11 is 0. The summed E-state index contributed by atoms with van der Waals surface area (Å²) in [4.78, 5) is 37.1. The first-order chi connectivity index (χ1) is 12.3. The third-order valence-electron chi connectivity index (χ3n) is 3.62. The van der Waals surface area contributed by atoms with Crippen LogP contribution in [0.25, 0.3) is 22.6 Å². The number of aromatic amines is 1. The second kappa shape index (κ2) is 6.16. The molecule has 0 atom stereocenters. The number of aryl methyl sites for hydroxylation is 1. The van der Waals surface area contributed by atoms with Gasteiger partial charge in [-0.05, 0) is 17.7 Å². The van der Waals surface area contributed by atoms with Gasteiger partial charge in [0.2, 0.25) is 11.8 Å². The number of anilines is 1. The number of hydrogen-bond acceptors (Lipinski definition) is 7. The van der Waals surface area contributed by atoms with Crippen LogP contribution in [0, 0.1) is 6.92 Å². The number of carbonyl (C=O) groups is 2. The third-order valence-corrected chi connectivity index (χ3v) is 3.62. The van der Waals surface area contributed by atoms with Crippen LogP contribution in [0.3, 0.4) is 0 Å². The lowest BCUT2D eigenvalue weighted by Crippen LogP contribution is -2.24. The Kier molecular flexibility index (Phi) is 4.01. The molecule has 3 rings (SSSR count). The quantitative estimate of drug-likeness (QED) is 0.538. The minimum Gasteiger partial charge on any atom is -0.478 e. The molecular weight excluding hydrogens is 344 g/mol. The SMILES string of the molecule is Cc1nnc(-c2ccc(-c3c(C(=O)O)c(N)[nH]c(=O)c3C(=O)O)cc2)o1. The van der Waals surface area contributed by atoms with E-state index in [9.17, 15) is 24.6 Å². The Morgan fingerprint density at radius 1 is 1.04 bits per heavy atom. The number of rotatable bonds is 4. The summed E-state index contributed by atoms with van der Waals surface area (Å²) in [6.45, 7) is 1.63. The number of H-pyrrole nitrogens is 1. The van der Waals surface area contributed by atoms with E-state index in [1.54, 1.807) is 6.92 Å². The zero-order valence-corrected chi connectivity index (χ0v) is 13.3. The molecule has 0 bridgehead atoms. The van der Waals surface area contributed by atoms with E-state index in [2.05, 4.69) is 10.2 Å². The second-order valence-corrected chi connectivity index (χ2v) is 5.31. The highest BCUT2D eigenvalue weighted by Gasteiger charge is 2.26. The molecule has 0 saturated carbocycles. The molecule has 0 amide bonds. The number of carboxylic acid groups (broad SMARTS) is 2. The van der Waals surface area contributed by atoms with Gasteiger partial charge in [0.1, 0.15) is 16.9 Å². The average Bonchev–Trinajstić information content (AvgIpc) is 3.00. The third kappa shape index (κ3) is 2.79. The van der Waals surface area contributed by atoms with Gasteiger partial charge in [0.25, 0.3) is 5.56 Å². The molecule has 0 fully saturated rings. The van der Waals surface area contributed by atoms with E-state index in [0.717, 1.165) is 0 Å². The van der Waals surface area contributed by atoms with Gasteiger partial charge in [0, 0.05) is 18.1 Å². The highest BCUT2D eigenvalue weighted by molar-refractivity contribution is 6.07. The fraction of sp³-hybridized carbons (Fsp3) is 0.0625. The Labute approximate surface area is 144 Å². The summed E-state index contributed by atoms with van der Waals surface area (Å²) in [5, 5.41) is 26.3. The van der Waals surface area contributed by atoms with Crippen molar-refractivity contribution < 1.29 is 24.2 Å². The number of aromatic nitrogens is 3. The maximum Gasteiger partial charge on any atom is 0.342 e. The lowest BCUT2D eigenvalue weighted by Gasteiger charge is -2.12. The average molecular weight is 356 g/mol. The molecule has 1 aromatic carbocycles. The fourth-order valence-electron chi connectivity index (χ4n) is 2.53. The van der Waals surface area contributed by atoms with Crippen molar-refractivity contribution in [3.8, 4) is 22.6 Å². The van der Waals surface area contributed by atoms with E-state index < -0.39 is 34.4 Å². The van der Waals surface area contributed by atoms with Crippen molar-refractivity contribution >= 4 is 17.8 Å². The molecule has 26 heavy (non-hydrogen) atoms. The van der Waals surface area contributed by atoms with Gasteiger partial charge in [0.05, 0.1) is 0 Å². The number of nitrogens with one attached hydrogen (secondary N) is 1. The summed E-state index contributed by atoms with van der Waals surface area (Å²) in [7, 11) is 0. The summed E-state index contributed by atoms with van der Waals surface area (Å²) < 4.78 is 5.29. The minimum atomic E-state index is -1.57. The monoisotopic (exact) mass is 356 g/mol. The van der Waals surface area contributed by atoms with Crippen LogP contribution in [0.4, 0.5) is 5.82 Å². The molecule has 2 aromatic heterocycles. The van der Waals surface area contributed by atoms with Gasteiger partial charge in [-0.25, -0.2) is 9.59 Å². The number of nitrogen functional groups attached to an aromatic ring is 1. The lowest BCUT2D eigenvalue weighted by molar-refractivity contribution is 0.0695. The molecule has 0 aliphatic heterocycles. The van der Waals surface area contributed by atoms with Crippen molar-refractivity contribution in [1.82, 2.24) is 15.2 Å². The largest absolute Gasteiger partial charge is 0.478 e. The molecule has 0 aliphatic carbocycles. The van der Waals surface area contributed by atoms with E-state index in [1.807, 2.05) is 4.98 Å². The number of aromatic carboxylic acids is 2. The fourth-order valence-corrected chi connectivity index (χ4v) is 2.53. The standard InChI is InChI=1S/C16H12N4O6/c1-6-19-20-14(26-6)8-4-2-7(3-5-8)9-10(15(22)23)12(17)18-13(21)11(9)16(24)25/h2-5H,1H3,(H,22,23)(H,24,25)(H3,17,18,21). The normalized spacial score (nSPS) is 10.7. The smallest absolute Gasteiger partial charge is 0.342 e. The molecule has 10 heteroatoms. The Bertz CT molecular complexity index is 1080. The van der Waals surface area contributed by atoms with Crippen LogP contribution in [0.15, 0.2) is 33.5 Å². The molecule has 3 aromatic rings. The molecule has 2 heterocycles. The van der Waals surface area contributed by atoms with E-state index in [0.29, 0.717) is 11.5 Å². The summed E-state index contributed by atoms with van der Waals surface area (Å²) in [5.41, 5.74) is 3.85. The van der Waals surface area contributed by atoms with Gasteiger partial charge in [-0.3, -0.25) is 4.79 Å². The lowest BCUT2D eigenvalue weighted by atomic mass is 9.95. The molecule has 132 valence electrons. The number of nitrogens with two attached hydrogens (primary N) is 1. The maximum absolute atomic E-state index is 12.0. The zero-order valence-electron chi connectivity index (χ0n) is 13.3. The number of hydrogen-bond donors (Lipinski definition) is 4. The maximum atomic E-state index is 12.0. The Morgan fingerprint density at radius 3 is 2.12 bits per heavy atom. The van der Waals surface area contributed by atoms with Gasteiger partial charge >= 0.3 is 11.9 Å². The molecule has 0 saturated heterocycles. The van der Waals surface area contributed by atoms with Crippen LogP contribution in [0.5, 0.6) is 0 Å². The van der Waals surface area contributed by atoms with Crippen LogP contribution in [0.1, 0.15) is 26.6 Å². The highest BCUT2D eigenvalue weighted by atomic mass is 16.4. The Hall–Kier alpha value is -3.95. The topological polar surface area (TPSA) is 172 Å². The molecule has 0 spiro atoms. The van der Waals surface area contributed by atoms with Crippen molar-refractivity contribution in [2.24, 2.45) is 0 Å². The van der Waals surface area contributed by atoms with Crippen molar-refractivity contribution in [2.45, 2.75) is 6.92 Å². The van der Waals surface area contributed by atoms with Crippen LogP contribution in [-0.2, 0) is 0 Å². The van der Waals surface area contributed by atoms with Crippen LogP contribution < -0.4 is 11.3 Å². The molecule has 0 aliphatic rings. The van der Waals surface area contributed by atoms with Crippen LogP contribution in [-0.4, -0.2) is 37.3 Å². The molecule has 5 N–H and O–H groups in total. The number of nitrogens with zero attached hydrogens (tertiary/aromatic N) is 2. The number of pyridine rings is 1. The van der Waals surface area contributed by atoms with Crippen molar-refractivity contribution in [3.05, 3.63) is 51.6 Å². The van der Waals surface area contributed by atoms with Gasteiger partial charge in [0.15, 0.2) is 0 Å². The van der Waals surface area contributed by atoms with Crippen molar-refractivity contribution in [2.75, 3.05) is 5.73 Å². The first kappa shape index (κ1) is 16.9. The van der Waals surface area contributed by atoms with Crippen molar-refractivity contribution in [1.29, 1.82) is 0 Å². The van der Waals surface area contributed by atoms with E-state index in [4.69, 9.17) is 10.2 Å². The number of benzene rings is 1. The van der Waals surface area contributed by atoms with Crippen molar-refractivity contribution in [3.63, 3.8) is 0 Å². The zero-order chi connectivity index (χ0) is 19.0. The van der Waals surface area contributed by atoms with Gasteiger partial charge in [-0.2, -0.15) is 0 Å². The first-order valence-electron chi connectivity index (χ1n) is 7.23. The summed E-state index contributed by atoms with van der Waals surface area (Å²) in [5.74, 6) is -2.85. The Balaban J connectivity index is 2.24.